The van der Waals surface area contributed by atoms with E-state index in [0.717, 1.165) is 37.3 Å². The second-order valence-electron chi connectivity index (χ2n) is 4.86. The molecule has 0 aromatic rings. The topological polar surface area (TPSA) is 70.2 Å². The Kier molecular flexibility index (Phi) is 16.9. The highest BCUT2D eigenvalue weighted by Crippen LogP contribution is 2.20. The first-order valence-corrected chi connectivity index (χ1v) is 10.5. The largest absolute Gasteiger partial charge is 0.355 e. The van der Waals surface area contributed by atoms with Crippen LogP contribution in [-0.2, 0) is 9.59 Å². The van der Waals surface area contributed by atoms with Crippen molar-refractivity contribution in [3.05, 3.63) is 0 Å². The minimum absolute atomic E-state index is 0.0347. The average Bonchev–Trinajstić information content (AvgIpc) is 2.54. The summed E-state index contributed by atoms with van der Waals surface area (Å²) in [6.07, 6.45) is 4.27. The lowest BCUT2D eigenvalue weighted by molar-refractivity contribution is -0.121. The smallest absolute Gasteiger partial charge is 0.221 e. The molecule has 0 spiro atoms. The first-order valence-electron chi connectivity index (χ1n) is 8.02. The molecule has 5 nitrogen and oxygen atoms in total. The van der Waals surface area contributed by atoms with Crippen molar-refractivity contribution in [3.8, 4) is 11.8 Å². The van der Waals surface area contributed by atoms with Gasteiger partial charge in [0.2, 0.25) is 11.8 Å². The maximum Gasteiger partial charge on any atom is 0.221 e. The van der Waals surface area contributed by atoms with Gasteiger partial charge in [-0.05, 0) is 33.4 Å². The van der Waals surface area contributed by atoms with Crippen LogP contribution in [0.15, 0.2) is 0 Å². The highest BCUT2D eigenvalue weighted by molar-refractivity contribution is 8.76. The SMILES string of the molecule is CC#CCNC(=O)CCSSCCNC(=O)CCCCCNC. The quantitative estimate of drug-likeness (QED) is 0.251. The zero-order valence-corrected chi connectivity index (χ0v) is 15.8. The van der Waals surface area contributed by atoms with Gasteiger partial charge in [-0.3, -0.25) is 9.59 Å². The number of rotatable bonds is 14. The molecular formula is C16H29N3O2S2. The maximum atomic E-state index is 11.6. The van der Waals surface area contributed by atoms with Crippen LogP contribution in [0.4, 0.5) is 0 Å². The summed E-state index contributed by atoms with van der Waals surface area (Å²) in [6.45, 7) is 3.88. The van der Waals surface area contributed by atoms with E-state index in [4.69, 9.17) is 0 Å². The normalized spacial score (nSPS) is 9.83. The Labute approximate surface area is 148 Å². The molecule has 0 radical (unpaired) electrons. The van der Waals surface area contributed by atoms with Crippen molar-refractivity contribution in [2.45, 2.75) is 39.0 Å². The first kappa shape index (κ1) is 22.2. The van der Waals surface area contributed by atoms with Gasteiger partial charge in [0.1, 0.15) is 0 Å². The molecule has 0 rings (SSSR count). The minimum atomic E-state index is 0.0347. The van der Waals surface area contributed by atoms with Gasteiger partial charge in [-0.1, -0.05) is 33.9 Å². The van der Waals surface area contributed by atoms with Gasteiger partial charge < -0.3 is 16.0 Å². The molecule has 0 saturated carbocycles. The van der Waals surface area contributed by atoms with Crippen molar-refractivity contribution < 1.29 is 9.59 Å². The van der Waals surface area contributed by atoms with Crippen LogP contribution < -0.4 is 16.0 Å². The molecule has 0 aliphatic heterocycles. The molecule has 23 heavy (non-hydrogen) atoms. The summed E-state index contributed by atoms with van der Waals surface area (Å²) in [4.78, 5) is 23.0. The summed E-state index contributed by atoms with van der Waals surface area (Å²) in [5, 5.41) is 8.76. The maximum absolute atomic E-state index is 11.6. The minimum Gasteiger partial charge on any atom is -0.355 e. The molecule has 2 amide bonds. The fourth-order valence-electron chi connectivity index (χ4n) is 1.66. The highest BCUT2D eigenvalue weighted by Gasteiger charge is 2.02. The van der Waals surface area contributed by atoms with Crippen LogP contribution in [-0.4, -0.2) is 50.0 Å². The molecule has 0 unspecified atom stereocenters. The Morgan fingerprint density at radius 1 is 0.913 bits per heavy atom. The number of hydrogen-bond donors (Lipinski definition) is 3. The molecule has 7 heteroatoms. The monoisotopic (exact) mass is 359 g/mol. The van der Waals surface area contributed by atoms with Crippen LogP contribution in [0.5, 0.6) is 0 Å². The van der Waals surface area contributed by atoms with Crippen LogP contribution >= 0.6 is 21.6 Å². The predicted molar refractivity (Wildman–Crippen MR) is 101 cm³/mol. The summed E-state index contributed by atoms with van der Waals surface area (Å²) in [5.74, 6) is 7.33. The summed E-state index contributed by atoms with van der Waals surface area (Å²) < 4.78 is 0. The summed E-state index contributed by atoms with van der Waals surface area (Å²) in [6, 6.07) is 0. The summed E-state index contributed by atoms with van der Waals surface area (Å²) in [7, 11) is 5.29. The number of amides is 2. The standard InChI is InChI=1S/C16H29N3O2S2/c1-3-4-11-18-16(21)9-13-22-23-14-12-19-15(20)8-6-5-7-10-17-2/h17H,5-14H2,1-2H3,(H,18,21)(H,19,20). The molecule has 0 aromatic heterocycles. The number of nitrogens with one attached hydrogen (secondary N) is 3. The first-order chi connectivity index (χ1) is 11.2. The molecule has 0 heterocycles. The van der Waals surface area contributed by atoms with E-state index in [0.29, 0.717) is 25.9 Å². The number of hydrogen-bond acceptors (Lipinski definition) is 5. The molecule has 0 atom stereocenters. The second-order valence-corrected chi connectivity index (χ2v) is 7.56. The van der Waals surface area contributed by atoms with E-state index in [-0.39, 0.29) is 11.8 Å². The van der Waals surface area contributed by atoms with Gasteiger partial charge in [0, 0.05) is 30.9 Å². The van der Waals surface area contributed by atoms with Crippen LogP contribution in [0, 0.1) is 11.8 Å². The summed E-state index contributed by atoms with van der Waals surface area (Å²) >= 11 is 0. The lowest BCUT2D eigenvalue weighted by Gasteiger charge is -2.05. The number of unbranched alkanes of at least 4 members (excludes halogenated alkanes) is 2. The Balaban J connectivity index is 3.29. The van der Waals surface area contributed by atoms with E-state index in [9.17, 15) is 9.59 Å². The van der Waals surface area contributed by atoms with Crippen molar-refractivity contribution in [3.63, 3.8) is 0 Å². The Bertz CT molecular complexity index is 381. The van der Waals surface area contributed by atoms with E-state index < -0.39 is 0 Å². The Morgan fingerprint density at radius 2 is 1.65 bits per heavy atom. The lowest BCUT2D eigenvalue weighted by atomic mass is 10.2. The molecule has 0 bridgehead atoms. The van der Waals surface area contributed by atoms with E-state index >= 15 is 0 Å². The van der Waals surface area contributed by atoms with E-state index in [1.165, 1.54) is 0 Å². The molecule has 132 valence electrons. The van der Waals surface area contributed by atoms with Gasteiger partial charge in [-0.25, -0.2) is 0 Å². The molecule has 0 aromatic carbocycles. The van der Waals surface area contributed by atoms with Crippen molar-refractivity contribution in [1.29, 1.82) is 0 Å². The lowest BCUT2D eigenvalue weighted by Crippen LogP contribution is -2.25. The van der Waals surface area contributed by atoms with Crippen LogP contribution in [0.25, 0.3) is 0 Å². The van der Waals surface area contributed by atoms with Gasteiger partial charge in [-0.15, -0.1) is 5.92 Å². The zero-order valence-electron chi connectivity index (χ0n) is 14.2. The van der Waals surface area contributed by atoms with Gasteiger partial charge in [0.05, 0.1) is 6.54 Å². The van der Waals surface area contributed by atoms with Crippen molar-refractivity contribution >= 4 is 33.4 Å². The van der Waals surface area contributed by atoms with E-state index in [1.54, 1.807) is 28.5 Å². The molecule has 0 aliphatic rings. The molecular weight excluding hydrogens is 330 g/mol. The molecule has 0 saturated heterocycles. The number of carbonyl (C=O) groups excluding carboxylic acids is 2. The third-order valence-corrected chi connectivity index (χ3v) is 5.29. The van der Waals surface area contributed by atoms with Gasteiger partial charge in [0.25, 0.3) is 0 Å². The van der Waals surface area contributed by atoms with E-state index in [2.05, 4.69) is 27.8 Å². The Hall–Kier alpha value is -0.840. The third-order valence-electron chi connectivity index (χ3n) is 2.88. The predicted octanol–water partition coefficient (Wildman–Crippen LogP) is 1.79. The molecule has 0 aliphatic carbocycles. The molecule has 3 N–H and O–H groups in total. The summed E-state index contributed by atoms with van der Waals surface area (Å²) in [5.41, 5.74) is 0. The van der Waals surface area contributed by atoms with Crippen molar-refractivity contribution in [2.75, 3.05) is 38.2 Å². The zero-order chi connectivity index (χ0) is 17.2. The van der Waals surface area contributed by atoms with Gasteiger partial charge in [-0.2, -0.15) is 0 Å². The number of carbonyl (C=O) groups is 2. The van der Waals surface area contributed by atoms with Crippen molar-refractivity contribution in [2.24, 2.45) is 0 Å². The fourth-order valence-corrected chi connectivity index (χ4v) is 3.55. The Morgan fingerprint density at radius 3 is 2.39 bits per heavy atom. The third kappa shape index (κ3) is 17.3. The second kappa shape index (κ2) is 17.5. The fraction of sp³-hybridized carbons (Fsp3) is 0.750. The van der Waals surface area contributed by atoms with Crippen LogP contribution in [0.3, 0.4) is 0 Å². The van der Waals surface area contributed by atoms with Gasteiger partial charge >= 0.3 is 0 Å². The van der Waals surface area contributed by atoms with Crippen LogP contribution in [0.2, 0.25) is 0 Å². The van der Waals surface area contributed by atoms with Crippen LogP contribution in [0.1, 0.15) is 39.0 Å². The van der Waals surface area contributed by atoms with Crippen molar-refractivity contribution in [1.82, 2.24) is 16.0 Å². The van der Waals surface area contributed by atoms with Gasteiger partial charge in [0.15, 0.2) is 0 Å². The highest BCUT2D eigenvalue weighted by atomic mass is 33.1. The van der Waals surface area contributed by atoms with E-state index in [1.807, 2.05) is 7.05 Å². The molecule has 0 fully saturated rings. The average molecular weight is 360 g/mol.